The van der Waals surface area contributed by atoms with E-state index < -0.39 is 5.54 Å². The summed E-state index contributed by atoms with van der Waals surface area (Å²) in [4.78, 5) is 4.27. The summed E-state index contributed by atoms with van der Waals surface area (Å²) in [5.41, 5.74) is 13.0. The van der Waals surface area contributed by atoms with Gasteiger partial charge in [-0.2, -0.15) is 0 Å². The van der Waals surface area contributed by atoms with E-state index in [1.807, 2.05) is 26.0 Å². The van der Waals surface area contributed by atoms with Gasteiger partial charge in [-0.3, -0.25) is 0 Å². The third kappa shape index (κ3) is 1.33. The van der Waals surface area contributed by atoms with E-state index in [-0.39, 0.29) is 0 Å². The fourth-order valence-corrected chi connectivity index (χ4v) is 1.25. The molecule has 1 aromatic carbocycles. The van der Waals surface area contributed by atoms with Crippen molar-refractivity contribution < 1.29 is 4.42 Å². The predicted octanol–water partition coefficient (Wildman–Crippen LogP) is 1.60. The molecule has 0 bridgehead atoms. The number of nitrogen functional groups attached to an aromatic ring is 1. The van der Waals surface area contributed by atoms with Crippen LogP contribution in [-0.2, 0) is 5.54 Å². The molecule has 1 heterocycles. The number of anilines is 1. The van der Waals surface area contributed by atoms with E-state index in [1.54, 1.807) is 6.07 Å². The molecule has 2 rings (SSSR count). The Bertz CT molecular complexity index is 468. The molecule has 0 radical (unpaired) electrons. The maximum atomic E-state index is 5.87. The van der Waals surface area contributed by atoms with Crippen molar-refractivity contribution in [3.8, 4) is 0 Å². The molecular weight excluding hydrogens is 178 g/mol. The Hall–Kier alpha value is -1.55. The van der Waals surface area contributed by atoms with Gasteiger partial charge in [0, 0.05) is 0 Å². The van der Waals surface area contributed by atoms with Crippen LogP contribution in [0.5, 0.6) is 0 Å². The van der Waals surface area contributed by atoms with E-state index in [1.165, 1.54) is 0 Å². The van der Waals surface area contributed by atoms with E-state index in [0.717, 1.165) is 5.52 Å². The highest BCUT2D eigenvalue weighted by molar-refractivity contribution is 5.84. The zero-order valence-corrected chi connectivity index (χ0v) is 8.24. The van der Waals surface area contributed by atoms with E-state index in [2.05, 4.69) is 4.98 Å². The van der Waals surface area contributed by atoms with Crippen LogP contribution in [0.15, 0.2) is 22.6 Å². The fraction of sp³-hybridized carbons (Fsp3) is 0.300. The second-order valence-corrected chi connectivity index (χ2v) is 3.94. The van der Waals surface area contributed by atoms with Crippen LogP contribution in [0.2, 0.25) is 0 Å². The van der Waals surface area contributed by atoms with Crippen molar-refractivity contribution in [1.82, 2.24) is 4.98 Å². The molecule has 0 aliphatic rings. The molecule has 0 aliphatic carbocycles. The molecule has 0 spiro atoms. The van der Waals surface area contributed by atoms with Crippen LogP contribution >= 0.6 is 0 Å². The third-order valence-electron chi connectivity index (χ3n) is 2.00. The number of hydrogen-bond acceptors (Lipinski definition) is 4. The maximum absolute atomic E-state index is 5.87. The number of para-hydroxylation sites is 1. The summed E-state index contributed by atoms with van der Waals surface area (Å²) in [6, 6.07) is 5.47. The summed E-state index contributed by atoms with van der Waals surface area (Å²) in [6.07, 6.45) is 0. The number of aromatic nitrogens is 1. The molecule has 1 aromatic heterocycles. The number of hydrogen-bond donors (Lipinski definition) is 2. The molecule has 4 N–H and O–H groups in total. The highest BCUT2D eigenvalue weighted by Crippen LogP contribution is 2.25. The van der Waals surface area contributed by atoms with Crippen LogP contribution < -0.4 is 11.5 Å². The zero-order valence-electron chi connectivity index (χ0n) is 8.24. The van der Waals surface area contributed by atoms with Crippen LogP contribution in [0.4, 0.5) is 5.69 Å². The van der Waals surface area contributed by atoms with Gasteiger partial charge in [0.2, 0.25) is 5.89 Å². The first-order valence-corrected chi connectivity index (χ1v) is 4.43. The zero-order chi connectivity index (χ0) is 10.3. The summed E-state index contributed by atoms with van der Waals surface area (Å²) < 4.78 is 5.50. The predicted molar refractivity (Wildman–Crippen MR) is 55.6 cm³/mol. The minimum absolute atomic E-state index is 0.505. The largest absolute Gasteiger partial charge is 0.437 e. The number of oxazole rings is 1. The van der Waals surface area contributed by atoms with Crippen molar-refractivity contribution in [1.29, 1.82) is 0 Å². The van der Waals surface area contributed by atoms with E-state index in [0.29, 0.717) is 17.2 Å². The Kier molecular flexibility index (Phi) is 1.75. The maximum Gasteiger partial charge on any atom is 0.215 e. The number of benzene rings is 1. The van der Waals surface area contributed by atoms with Gasteiger partial charge in [0.25, 0.3) is 0 Å². The first-order valence-electron chi connectivity index (χ1n) is 4.43. The van der Waals surface area contributed by atoms with Gasteiger partial charge in [-0.15, -0.1) is 0 Å². The quantitative estimate of drug-likeness (QED) is 0.671. The summed E-state index contributed by atoms with van der Waals surface area (Å²) in [5.74, 6) is 0.505. The lowest BCUT2D eigenvalue weighted by molar-refractivity contribution is 0.395. The number of nitrogens with two attached hydrogens (primary N) is 2. The van der Waals surface area contributed by atoms with Gasteiger partial charge in [0.05, 0.1) is 11.2 Å². The average molecular weight is 191 g/mol. The average Bonchev–Trinajstić information content (AvgIpc) is 2.48. The first kappa shape index (κ1) is 9.02. The van der Waals surface area contributed by atoms with Gasteiger partial charge in [-0.1, -0.05) is 6.07 Å². The van der Waals surface area contributed by atoms with Gasteiger partial charge >= 0.3 is 0 Å². The topological polar surface area (TPSA) is 78.1 Å². The fourth-order valence-electron chi connectivity index (χ4n) is 1.25. The van der Waals surface area contributed by atoms with Crippen LogP contribution in [0.1, 0.15) is 19.7 Å². The Morgan fingerprint density at radius 3 is 2.64 bits per heavy atom. The van der Waals surface area contributed by atoms with Crippen molar-refractivity contribution in [3.63, 3.8) is 0 Å². The second-order valence-electron chi connectivity index (χ2n) is 3.94. The minimum Gasteiger partial charge on any atom is -0.437 e. The van der Waals surface area contributed by atoms with Gasteiger partial charge < -0.3 is 15.9 Å². The Labute approximate surface area is 81.9 Å². The third-order valence-corrected chi connectivity index (χ3v) is 2.00. The Morgan fingerprint density at radius 1 is 1.36 bits per heavy atom. The van der Waals surface area contributed by atoms with Crippen molar-refractivity contribution in [2.24, 2.45) is 5.73 Å². The molecule has 14 heavy (non-hydrogen) atoms. The van der Waals surface area contributed by atoms with Crippen LogP contribution in [-0.4, -0.2) is 4.98 Å². The molecule has 0 saturated heterocycles. The van der Waals surface area contributed by atoms with Crippen molar-refractivity contribution in [3.05, 3.63) is 24.1 Å². The van der Waals surface area contributed by atoms with Gasteiger partial charge in [-0.05, 0) is 26.0 Å². The molecule has 0 amide bonds. The van der Waals surface area contributed by atoms with Crippen molar-refractivity contribution in [2.45, 2.75) is 19.4 Å². The molecule has 2 aromatic rings. The van der Waals surface area contributed by atoms with Gasteiger partial charge in [0.1, 0.15) is 5.52 Å². The molecule has 0 unspecified atom stereocenters. The van der Waals surface area contributed by atoms with Crippen LogP contribution in [0.3, 0.4) is 0 Å². The molecule has 0 atom stereocenters. The normalized spacial score (nSPS) is 12.2. The lowest BCUT2D eigenvalue weighted by atomic mass is 10.1. The highest BCUT2D eigenvalue weighted by Gasteiger charge is 2.21. The highest BCUT2D eigenvalue weighted by atomic mass is 16.4. The SMILES string of the molecule is CC(C)(N)c1nc2cccc(N)c2o1. The van der Waals surface area contributed by atoms with Crippen LogP contribution in [0, 0.1) is 0 Å². The molecule has 0 saturated carbocycles. The Morgan fingerprint density at radius 2 is 2.07 bits per heavy atom. The monoisotopic (exact) mass is 191 g/mol. The van der Waals surface area contributed by atoms with Crippen LogP contribution in [0.25, 0.3) is 11.1 Å². The molecule has 4 heteroatoms. The summed E-state index contributed by atoms with van der Waals surface area (Å²) in [5, 5.41) is 0. The van der Waals surface area contributed by atoms with E-state index >= 15 is 0 Å². The number of rotatable bonds is 1. The van der Waals surface area contributed by atoms with Gasteiger partial charge in [0.15, 0.2) is 5.58 Å². The minimum atomic E-state index is -0.578. The lowest BCUT2D eigenvalue weighted by Crippen LogP contribution is -2.28. The van der Waals surface area contributed by atoms with E-state index in [4.69, 9.17) is 15.9 Å². The summed E-state index contributed by atoms with van der Waals surface area (Å²) in [7, 11) is 0. The standard InChI is InChI=1S/C10H13N3O/c1-10(2,12)9-13-7-5-3-4-6(11)8(7)14-9/h3-5H,11-12H2,1-2H3. The first-order chi connectivity index (χ1) is 6.48. The summed E-state index contributed by atoms with van der Waals surface area (Å²) in [6.45, 7) is 3.68. The van der Waals surface area contributed by atoms with Crippen molar-refractivity contribution in [2.75, 3.05) is 5.73 Å². The van der Waals surface area contributed by atoms with E-state index in [9.17, 15) is 0 Å². The smallest absolute Gasteiger partial charge is 0.215 e. The molecular formula is C10H13N3O. The number of nitrogens with zero attached hydrogens (tertiary/aromatic N) is 1. The Balaban J connectivity index is 2.69. The molecule has 74 valence electrons. The molecule has 0 aliphatic heterocycles. The second kappa shape index (κ2) is 2.72. The number of fused-ring (bicyclic) bond motifs is 1. The molecule has 0 fully saturated rings. The van der Waals surface area contributed by atoms with Gasteiger partial charge in [-0.25, -0.2) is 4.98 Å². The molecule has 4 nitrogen and oxygen atoms in total. The lowest BCUT2D eigenvalue weighted by Gasteiger charge is -2.12. The summed E-state index contributed by atoms with van der Waals surface area (Å²) >= 11 is 0. The van der Waals surface area contributed by atoms with Crippen molar-refractivity contribution >= 4 is 16.8 Å².